The highest BCUT2D eigenvalue weighted by Gasteiger charge is 2.24. The third-order valence-electron chi connectivity index (χ3n) is 3.58. The maximum absolute atomic E-state index is 5.90. The average Bonchev–Trinajstić information content (AvgIpc) is 2.72. The molecule has 4 heteroatoms. The number of nitrogens with one attached hydrogen (secondary N) is 1. The zero-order valence-corrected chi connectivity index (χ0v) is 12.4. The van der Waals surface area contributed by atoms with Crippen LogP contribution in [0.3, 0.4) is 0 Å². The quantitative estimate of drug-likeness (QED) is 0.561. The minimum absolute atomic E-state index is 0.407. The van der Waals surface area contributed by atoms with Gasteiger partial charge in [-0.15, -0.1) is 0 Å². The number of aliphatic imine (C=N–C) groups is 1. The highest BCUT2D eigenvalue weighted by molar-refractivity contribution is 5.78. The number of likely N-dealkylation sites (tertiary alicyclic amines) is 1. The highest BCUT2D eigenvalue weighted by Crippen LogP contribution is 2.18. The average molecular weight is 254 g/mol. The van der Waals surface area contributed by atoms with E-state index in [9.17, 15) is 0 Å². The van der Waals surface area contributed by atoms with E-state index < -0.39 is 0 Å². The van der Waals surface area contributed by atoms with Crippen LogP contribution in [0.25, 0.3) is 0 Å². The van der Waals surface area contributed by atoms with Crippen molar-refractivity contribution in [2.45, 2.75) is 59.0 Å². The molecule has 1 unspecified atom stereocenters. The van der Waals surface area contributed by atoms with Crippen LogP contribution in [-0.2, 0) is 0 Å². The van der Waals surface area contributed by atoms with Crippen molar-refractivity contribution < 1.29 is 0 Å². The molecule has 106 valence electrons. The summed E-state index contributed by atoms with van der Waals surface area (Å²) in [6.45, 7) is 12.1. The molecular weight excluding hydrogens is 224 g/mol. The Morgan fingerprint density at radius 1 is 1.44 bits per heavy atom. The standard InChI is InChI=1S/C14H30N4/c1-5-12(4)17-14(15)16-9-13-7-6-8-18(13)10-11(2)3/h11-13H,5-10H2,1-4H3,(H3,15,16,17)/t12?,13-/m1/s1. The zero-order chi connectivity index (χ0) is 13.5. The first kappa shape index (κ1) is 15.3. The smallest absolute Gasteiger partial charge is 0.188 e. The molecule has 1 fully saturated rings. The van der Waals surface area contributed by atoms with Gasteiger partial charge in [-0.05, 0) is 38.6 Å². The van der Waals surface area contributed by atoms with Gasteiger partial charge in [-0.25, -0.2) is 0 Å². The van der Waals surface area contributed by atoms with Crippen molar-refractivity contribution in [1.82, 2.24) is 10.2 Å². The van der Waals surface area contributed by atoms with Crippen LogP contribution in [0.15, 0.2) is 4.99 Å². The second kappa shape index (κ2) is 7.62. The molecular formula is C14H30N4. The van der Waals surface area contributed by atoms with Crippen LogP contribution in [-0.4, -0.2) is 42.6 Å². The van der Waals surface area contributed by atoms with E-state index in [0.717, 1.165) is 18.9 Å². The van der Waals surface area contributed by atoms with Gasteiger partial charge >= 0.3 is 0 Å². The molecule has 0 aromatic heterocycles. The summed E-state index contributed by atoms with van der Waals surface area (Å²) in [5.74, 6) is 1.32. The Balaban J connectivity index is 2.38. The van der Waals surface area contributed by atoms with Crippen molar-refractivity contribution in [3.63, 3.8) is 0 Å². The van der Waals surface area contributed by atoms with Gasteiger partial charge in [0.05, 0.1) is 6.54 Å². The predicted molar refractivity (Wildman–Crippen MR) is 78.8 cm³/mol. The lowest BCUT2D eigenvalue weighted by Gasteiger charge is -2.25. The number of hydrogen-bond acceptors (Lipinski definition) is 2. The molecule has 1 heterocycles. The van der Waals surface area contributed by atoms with E-state index >= 15 is 0 Å². The largest absolute Gasteiger partial charge is 0.370 e. The lowest BCUT2D eigenvalue weighted by Crippen LogP contribution is -2.40. The Morgan fingerprint density at radius 3 is 2.78 bits per heavy atom. The molecule has 0 aromatic rings. The van der Waals surface area contributed by atoms with Gasteiger partial charge in [-0.2, -0.15) is 0 Å². The number of nitrogens with two attached hydrogens (primary N) is 1. The number of hydrogen-bond donors (Lipinski definition) is 2. The molecule has 4 nitrogen and oxygen atoms in total. The van der Waals surface area contributed by atoms with E-state index in [1.165, 1.54) is 25.9 Å². The molecule has 0 aromatic carbocycles. The van der Waals surface area contributed by atoms with Gasteiger partial charge in [0.1, 0.15) is 0 Å². The van der Waals surface area contributed by atoms with Crippen LogP contribution in [0, 0.1) is 5.92 Å². The Labute approximate surface area is 112 Å². The second-order valence-corrected chi connectivity index (χ2v) is 5.86. The fourth-order valence-electron chi connectivity index (χ4n) is 2.42. The van der Waals surface area contributed by atoms with E-state index in [-0.39, 0.29) is 0 Å². The zero-order valence-electron chi connectivity index (χ0n) is 12.4. The van der Waals surface area contributed by atoms with Gasteiger partial charge < -0.3 is 11.1 Å². The molecule has 0 amide bonds. The lowest BCUT2D eigenvalue weighted by atomic mass is 10.2. The van der Waals surface area contributed by atoms with Crippen molar-refractivity contribution in [1.29, 1.82) is 0 Å². The van der Waals surface area contributed by atoms with Gasteiger partial charge in [-0.1, -0.05) is 20.8 Å². The van der Waals surface area contributed by atoms with Crippen LogP contribution in [0.5, 0.6) is 0 Å². The first-order valence-electron chi connectivity index (χ1n) is 7.33. The second-order valence-electron chi connectivity index (χ2n) is 5.86. The van der Waals surface area contributed by atoms with Crippen molar-refractivity contribution in [2.24, 2.45) is 16.6 Å². The summed E-state index contributed by atoms with van der Waals surface area (Å²) in [5.41, 5.74) is 5.90. The Bertz CT molecular complexity index is 263. The number of rotatable bonds is 6. The SMILES string of the molecule is CCC(C)NC(N)=NC[C@H]1CCCN1CC(C)C. The Kier molecular flexibility index (Phi) is 6.47. The Morgan fingerprint density at radius 2 is 2.17 bits per heavy atom. The molecule has 1 saturated heterocycles. The summed E-state index contributed by atoms with van der Waals surface area (Å²) in [6, 6.07) is 0.994. The fraction of sp³-hybridized carbons (Fsp3) is 0.929. The summed E-state index contributed by atoms with van der Waals surface area (Å²) in [7, 11) is 0. The van der Waals surface area contributed by atoms with E-state index in [2.05, 4.69) is 42.9 Å². The van der Waals surface area contributed by atoms with Crippen molar-refractivity contribution in [2.75, 3.05) is 19.6 Å². The maximum Gasteiger partial charge on any atom is 0.188 e. The molecule has 0 saturated carbocycles. The van der Waals surface area contributed by atoms with E-state index in [4.69, 9.17) is 5.73 Å². The summed E-state index contributed by atoms with van der Waals surface area (Å²) < 4.78 is 0. The minimum atomic E-state index is 0.407. The lowest BCUT2D eigenvalue weighted by molar-refractivity contribution is 0.231. The maximum atomic E-state index is 5.90. The topological polar surface area (TPSA) is 53.6 Å². The number of guanidine groups is 1. The van der Waals surface area contributed by atoms with Crippen LogP contribution in [0.2, 0.25) is 0 Å². The van der Waals surface area contributed by atoms with E-state index in [1.807, 2.05) is 0 Å². The van der Waals surface area contributed by atoms with Gasteiger partial charge in [0.2, 0.25) is 0 Å². The van der Waals surface area contributed by atoms with Crippen LogP contribution >= 0.6 is 0 Å². The molecule has 1 rings (SSSR count). The van der Waals surface area contributed by atoms with E-state index in [1.54, 1.807) is 0 Å². The molecule has 0 aliphatic carbocycles. The van der Waals surface area contributed by atoms with Gasteiger partial charge in [-0.3, -0.25) is 9.89 Å². The molecule has 3 N–H and O–H groups in total. The molecule has 1 aliphatic rings. The summed E-state index contributed by atoms with van der Waals surface area (Å²) >= 11 is 0. The third-order valence-corrected chi connectivity index (χ3v) is 3.58. The third kappa shape index (κ3) is 5.25. The normalized spacial score (nSPS) is 23.6. The molecule has 2 atom stereocenters. The fourth-order valence-corrected chi connectivity index (χ4v) is 2.42. The molecule has 1 aliphatic heterocycles. The molecule has 0 spiro atoms. The highest BCUT2D eigenvalue weighted by atomic mass is 15.2. The molecule has 0 bridgehead atoms. The first-order valence-corrected chi connectivity index (χ1v) is 7.33. The van der Waals surface area contributed by atoms with Gasteiger partial charge in [0.15, 0.2) is 5.96 Å². The molecule has 18 heavy (non-hydrogen) atoms. The van der Waals surface area contributed by atoms with Crippen molar-refractivity contribution in [3.05, 3.63) is 0 Å². The van der Waals surface area contributed by atoms with E-state index in [0.29, 0.717) is 18.0 Å². The summed E-state index contributed by atoms with van der Waals surface area (Å²) in [6.07, 6.45) is 3.62. The summed E-state index contributed by atoms with van der Waals surface area (Å²) in [4.78, 5) is 7.05. The number of nitrogens with zero attached hydrogens (tertiary/aromatic N) is 2. The Hall–Kier alpha value is -0.770. The summed E-state index contributed by atoms with van der Waals surface area (Å²) in [5, 5.41) is 3.22. The van der Waals surface area contributed by atoms with Crippen LogP contribution < -0.4 is 11.1 Å². The van der Waals surface area contributed by atoms with Crippen LogP contribution in [0.4, 0.5) is 0 Å². The minimum Gasteiger partial charge on any atom is -0.370 e. The van der Waals surface area contributed by atoms with Crippen molar-refractivity contribution >= 4 is 5.96 Å². The van der Waals surface area contributed by atoms with Gasteiger partial charge in [0.25, 0.3) is 0 Å². The van der Waals surface area contributed by atoms with Gasteiger partial charge in [0, 0.05) is 18.6 Å². The first-order chi connectivity index (χ1) is 8.52. The monoisotopic (exact) mass is 254 g/mol. The van der Waals surface area contributed by atoms with Crippen molar-refractivity contribution in [3.8, 4) is 0 Å². The molecule has 0 radical (unpaired) electrons. The predicted octanol–water partition coefficient (Wildman–Crippen LogP) is 1.81. The van der Waals surface area contributed by atoms with Crippen LogP contribution in [0.1, 0.15) is 47.0 Å².